The summed E-state index contributed by atoms with van der Waals surface area (Å²) in [4.78, 5) is 12.3. The van der Waals surface area contributed by atoms with E-state index in [0.29, 0.717) is 11.2 Å². The number of hydrogen-bond acceptors (Lipinski definition) is 8. The second-order valence-corrected chi connectivity index (χ2v) is 8.25. The fourth-order valence-electron chi connectivity index (χ4n) is 2.76. The molecule has 1 aliphatic rings. The number of nitrogens with one attached hydrogen (secondary N) is 1. The zero-order valence-corrected chi connectivity index (χ0v) is 17.2. The van der Waals surface area contributed by atoms with Crippen molar-refractivity contribution in [2.75, 3.05) is 18.2 Å². The molecule has 2 heterocycles. The van der Waals surface area contributed by atoms with E-state index < -0.39 is 0 Å². The van der Waals surface area contributed by atoms with Crippen molar-refractivity contribution in [1.29, 1.82) is 0 Å². The normalized spacial score (nSPS) is 13.5. The van der Waals surface area contributed by atoms with Crippen LogP contribution in [0.15, 0.2) is 29.4 Å². The SMILES string of the molecule is CCc1nnc(SCC(=O)Nc2nnc(-c3ccc(OC)cc3)s2)n1C1CC1. The molecule has 10 heteroatoms. The summed E-state index contributed by atoms with van der Waals surface area (Å²) in [7, 11) is 1.63. The molecule has 146 valence electrons. The number of methoxy groups -OCH3 is 1. The molecule has 3 aromatic rings. The van der Waals surface area contributed by atoms with Crippen molar-refractivity contribution in [3.63, 3.8) is 0 Å². The Kier molecular flexibility index (Phi) is 5.58. The predicted octanol–water partition coefficient (Wildman–Crippen LogP) is 3.43. The smallest absolute Gasteiger partial charge is 0.236 e. The van der Waals surface area contributed by atoms with Crippen LogP contribution < -0.4 is 10.1 Å². The van der Waals surface area contributed by atoms with Gasteiger partial charge in [-0.3, -0.25) is 10.1 Å². The third kappa shape index (κ3) is 4.17. The first-order valence-electron chi connectivity index (χ1n) is 9.02. The largest absolute Gasteiger partial charge is 0.497 e. The number of carbonyl (C=O) groups is 1. The lowest BCUT2D eigenvalue weighted by molar-refractivity contribution is -0.113. The van der Waals surface area contributed by atoms with Gasteiger partial charge in [0.25, 0.3) is 0 Å². The van der Waals surface area contributed by atoms with Crippen molar-refractivity contribution in [2.24, 2.45) is 0 Å². The Hall–Kier alpha value is -2.46. The van der Waals surface area contributed by atoms with E-state index in [2.05, 4.69) is 37.2 Å². The van der Waals surface area contributed by atoms with Gasteiger partial charge in [-0.15, -0.1) is 20.4 Å². The fourth-order valence-corrected chi connectivity index (χ4v) is 4.35. The third-order valence-corrected chi connectivity index (χ3v) is 6.13. The Morgan fingerprint density at radius 2 is 2.04 bits per heavy atom. The highest BCUT2D eigenvalue weighted by Gasteiger charge is 2.29. The Morgan fingerprint density at radius 3 is 2.71 bits per heavy atom. The topological polar surface area (TPSA) is 94.8 Å². The van der Waals surface area contributed by atoms with E-state index in [4.69, 9.17) is 4.74 Å². The highest BCUT2D eigenvalue weighted by atomic mass is 32.2. The molecular weight excluding hydrogens is 396 g/mol. The molecule has 0 aliphatic heterocycles. The van der Waals surface area contributed by atoms with Crippen molar-refractivity contribution in [3.05, 3.63) is 30.1 Å². The maximum absolute atomic E-state index is 12.3. The number of aryl methyl sites for hydroxylation is 1. The van der Waals surface area contributed by atoms with Gasteiger partial charge in [0.1, 0.15) is 16.6 Å². The Morgan fingerprint density at radius 1 is 1.25 bits per heavy atom. The Bertz CT molecular complexity index is 965. The number of hydrogen-bond donors (Lipinski definition) is 1. The van der Waals surface area contributed by atoms with Gasteiger partial charge in [0.05, 0.1) is 12.9 Å². The summed E-state index contributed by atoms with van der Waals surface area (Å²) in [5.74, 6) is 1.89. The second-order valence-electron chi connectivity index (χ2n) is 6.33. The number of rotatable bonds is 8. The van der Waals surface area contributed by atoms with Crippen molar-refractivity contribution < 1.29 is 9.53 Å². The van der Waals surface area contributed by atoms with Crippen LogP contribution in [-0.2, 0) is 11.2 Å². The van der Waals surface area contributed by atoms with Gasteiger partial charge in [-0.05, 0) is 37.1 Å². The number of benzene rings is 1. The van der Waals surface area contributed by atoms with Gasteiger partial charge in [-0.1, -0.05) is 30.0 Å². The zero-order chi connectivity index (χ0) is 19.5. The van der Waals surface area contributed by atoms with Gasteiger partial charge < -0.3 is 9.30 Å². The molecule has 0 radical (unpaired) electrons. The summed E-state index contributed by atoms with van der Waals surface area (Å²) in [5, 5.41) is 21.5. The minimum Gasteiger partial charge on any atom is -0.497 e. The first-order chi connectivity index (χ1) is 13.7. The Balaban J connectivity index is 1.35. The van der Waals surface area contributed by atoms with Crippen molar-refractivity contribution in [3.8, 4) is 16.3 Å². The third-order valence-electron chi connectivity index (χ3n) is 4.30. The average molecular weight is 417 g/mol. The van der Waals surface area contributed by atoms with Crippen LogP contribution in [0, 0.1) is 0 Å². The van der Waals surface area contributed by atoms with Crippen molar-refractivity contribution >= 4 is 34.1 Å². The lowest BCUT2D eigenvalue weighted by Gasteiger charge is -2.07. The molecular formula is C18H20N6O2S2. The molecule has 28 heavy (non-hydrogen) atoms. The molecule has 0 atom stereocenters. The van der Waals surface area contributed by atoms with Gasteiger partial charge >= 0.3 is 0 Å². The van der Waals surface area contributed by atoms with E-state index in [1.54, 1.807) is 7.11 Å². The van der Waals surface area contributed by atoms with E-state index in [0.717, 1.165) is 46.6 Å². The molecule has 0 spiro atoms. The number of nitrogens with zero attached hydrogens (tertiary/aromatic N) is 5. The molecule has 0 unspecified atom stereocenters. The van der Waals surface area contributed by atoms with E-state index in [1.807, 2.05) is 24.3 Å². The molecule has 4 rings (SSSR count). The Labute approximate surface area is 170 Å². The quantitative estimate of drug-likeness (QED) is 0.562. The van der Waals surface area contributed by atoms with Crippen LogP contribution in [0.2, 0.25) is 0 Å². The molecule has 0 saturated heterocycles. The molecule has 1 saturated carbocycles. The standard InChI is InChI=1S/C18H20N6O2S2/c1-3-14-20-23-18(24(14)12-6-7-12)27-10-15(25)19-17-22-21-16(28-17)11-4-8-13(26-2)9-5-11/h4-5,8-9,12H,3,6-7,10H2,1-2H3,(H,19,22,25). The number of thioether (sulfide) groups is 1. The summed E-state index contributed by atoms with van der Waals surface area (Å²) >= 11 is 2.74. The minimum atomic E-state index is -0.133. The van der Waals surface area contributed by atoms with E-state index in [-0.39, 0.29) is 11.7 Å². The van der Waals surface area contributed by atoms with Crippen LogP contribution in [0.3, 0.4) is 0 Å². The van der Waals surface area contributed by atoms with Crippen LogP contribution in [0.1, 0.15) is 31.6 Å². The number of carbonyl (C=O) groups excluding carboxylic acids is 1. The molecule has 1 aromatic carbocycles. The predicted molar refractivity (Wildman–Crippen MR) is 109 cm³/mol. The maximum Gasteiger partial charge on any atom is 0.236 e. The average Bonchev–Trinajstić information content (AvgIpc) is 3.31. The lowest BCUT2D eigenvalue weighted by atomic mass is 10.2. The van der Waals surface area contributed by atoms with Crippen molar-refractivity contribution in [2.45, 2.75) is 37.4 Å². The highest BCUT2D eigenvalue weighted by molar-refractivity contribution is 7.99. The highest BCUT2D eigenvalue weighted by Crippen LogP contribution is 2.38. The summed E-state index contributed by atoms with van der Waals surface area (Å²) in [6.07, 6.45) is 3.16. The number of anilines is 1. The zero-order valence-electron chi connectivity index (χ0n) is 15.6. The monoisotopic (exact) mass is 416 g/mol. The van der Waals surface area contributed by atoms with Gasteiger partial charge in [0, 0.05) is 18.0 Å². The molecule has 1 fully saturated rings. The van der Waals surface area contributed by atoms with Gasteiger partial charge in [0.15, 0.2) is 5.16 Å². The summed E-state index contributed by atoms with van der Waals surface area (Å²) in [6, 6.07) is 8.05. The lowest BCUT2D eigenvalue weighted by Crippen LogP contribution is -2.14. The van der Waals surface area contributed by atoms with Gasteiger partial charge in [-0.25, -0.2) is 0 Å². The summed E-state index contributed by atoms with van der Waals surface area (Å²) in [6.45, 7) is 2.07. The van der Waals surface area contributed by atoms with E-state index >= 15 is 0 Å². The minimum absolute atomic E-state index is 0.133. The molecule has 1 amide bonds. The maximum atomic E-state index is 12.3. The first kappa shape index (κ1) is 18.9. The molecule has 1 aliphatic carbocycles. The molecule has 2 aromatic heterocycles. The molecule has 1 N–H and O–H groups in total. The second kappa shape index (κ2) is 8.27. The molecule has 8 nitrogen and oxygen atoms in total. The summed E-state index contributed by atoms with van der Waals surface area (Å²) in [5.41, 5.74) is 0.929. The van der Waals surface area contributed by atoms with Gasteiger partial charge in [-0.2, -0.15) is 0 Å². The van der Waals surface area contributed by atoms with Crippen molar-refractivity contribution in [1.82, 2.24) is 25.0 Å². The number of aromatic nitrogens is 5. The van der Waals surface area contributed by atoms with E-state index in [1.165, 1.54) is 23.1 Å². The van der Waals surface area contributed by atoms with Crippen LogP contribution in [0.25, 0.3) is 10.6 Å². The van der Waals surface area contributed by atoms with Crippen LogP contribution in [-0.4, -0.2) is 43.7 Å². The van der Waals surface area contributed by atoms with Crippen LogP contribution in [0.4, 0.5) is 5.13 Å². The molecule has 0 bridgehead atoms. The van der Waals surface area contributed by atoms with E-state index in [9.17, 15) is 4.79 Å². The van der Waals surface area contributed by atoms with Crippen LogP contribution in [0.5, 0.6) is 5.75 Å². The number of ether oxygens (including phenoxy) is 1. The first-order valence-corrected chi connectivity index (χ1v) is 10.8. The fraction of sp³-hybridized carbons (Fsp3) is 0.389. The van der Waals surface area contributed by atoms with Crippen LogP contribution >= 0.6 is 23.1 Å². The summed E-state index contributed by atoms with van der Waals surface area (Å²) < 4.78 is 7.33. The number of amides is 1. The van der Waals surface area contributed by atoms with Gasteiger partial charge in [0.2, 0.25) is 11.0 Å².